The molecule has 0 aromatic heterocycles. The van der Waals surface area contributed by atoms with Gasteiger partial charge in [-0.1, -0.05) is 0 Å². The van der Waals surface area contributed by atoms with Crippen LogP contribution in [0.25, 0.3) is 0 Å². The number of hydrogen-bond donors (Lipinski definition) is 3. The van der Waals surface area contributed by atoms with Crippen LogP contribution in [0, 0.1) is 5.92 Å². The minimum atomic E-state index is 0.0526. The van der Waals surface area contributed by atoms with E-state index in [-0.39, 0.29) is 12.0 Å². The lowest BCUT2D eigenvalue weighted by atomic mass is 9.98. The second-order valence-electron chi connectivity index (χ2n) is 4.90. The highest BCUT2D eigenvalue weighted by Crippen LogP contribution is 2.10. The van der Waals surface area contributed by atoms with Crippen molar-refractivity contribution in [2.24, 2.45) is 5.92 Å². The molecule has 2 aliphatic rings. The largest absolute Gasteiger partial charge is 0.375 e. The Kier molecular flexibility index (Phi) is 5.22. The van der Waals surface area contributed by atoms with Crippen molar-refractivity contribution in [1.29, 1.82) is 0 Å². The molecule has 1 atom stereocenters. The number of hydrogen-bond acceptors (Lipinski definition) is 4. The van der Waals surface area contributed by atoms with E-state index in [0.29, 0.717) is 18.9 Å². The van der Waals surface area contributed by atoms with Gasteiger partial charge in [0.05, 0.1) is 19.1 Å². The lowest BCUT2D eigenvalue weighted by Gasteiger charge is -2.25. The second-order valence-corrected chi connectivity index (χ2v) is 4.90. The van der Waals surface area contributed by atoms with Crippen molar-refractivity contribution in [2.45, 2.75) is 25.4 Å². The van der Waals surface area contributed by atoms with Gasteiger partial charge >= 0.3 is 0 Å². The van der Waals surface area contributed by atoms with E-state index in [0.717, 1.165) is 32.7 Å². The van der Waals surface area contributed by atoms with Gasteiger partial charge in [0.25, 0.3) is 0 Å². The number of morpholine rings is 1. The smallest absolute Gasteiger partial charge is 0.222 e. The molecule has 1 amide bonds. The fourth-order valence-electron chi connectivity index (χ4n) is 2.37. The summed E-state index contributed by atoms with van der Waals surface area (Å²) < 4.78 is 5.51. The average molecular weight is 241 g/mol. The molecule has 0 radical (unpaired) electrons. The predicted molar refractivity (Wildman–Crippen MR) is 65.8 cm³/mol. The topological polar surface area (TPSA) is 62.4 Å². The van der Waals surface area contributed by atoms with Gasteiger partial charge in [0.2, 0.25) is 5.91 Å². The van der Waals surface area contributed by atoms with Crippen LogP contribution < -0.4 is 16.0 Å². The molecular weight excluding hydrogens is 218 g/mol. The maximum absolute atomic E-state index is 11.7. The molecule has 3 N–H and O–H groups in total. The van der Waals surface area contributed by atoms with Crippen LogP contribution >= 0.6 is 0 Å². The van der Waals surface area contributed by atoms with Gasteiger partial charge in [0, 0.05) is 19.6 Å². The summed E-state index contributed by atoms with van der Waals surface area (Å²) in [6.07, 6.45) is 2.87. The Morgan fingerprint density at radius 1 is 1.24 bits per heavy atom. The van der Waals surface area contributed by atoms with Crippen LogP contribution in [-0.2, 0) is 9.53 Å². The van der Waals surface area contributed by atoms with Crippen molar-refractivity contribution in [3.63, 3.8) is 0 Å². The molecular formula is C12H23N3O2. The number of ether oxygens (including phenoxy) is 1. The zero-order chi connectivity index (χ0) is 11.9. The summed E-state index contributed by atoms with van der Waals surface area (Å²) in [7, 11) is 0. The van der Waals surface area contributed by atoms with E-state index in [9.17, 15) is 4.79 Å². The van der Waals surface area contributed by atoms with Crippen LogP contribution in [0.15, 0.2) is 0 Å². The monoisotopic (exact) mass is 241 g/mol. The molecule has 5 nitrogen and oxygen atoms in total. The summed E-state index contributed by atoms with van der Waals surface area (Å²) in [4.78, 5) is 11.7. The molecule has 0 aromatic carbocycles. The minimum absolute atomic E-state index is 0.0526. The summed E-state index contributed by atoms with van der Waals surface area (Å²) in [5.74, 6) is 0.767. The first-order valence-corrected chi connectivity index (χ1v) is 6.64. The molecule has 98 valence electrons. The van der Waals surface area contributed by atoms with Crippen molar-refractivity contribution in [1.82, 2.24) is 16.0 Å². The average Bonchev–Trinajstić information content (AvgIpc) is 2.39. The summed E-state index contributed by atoms with van der Waals surface area (Å²) in [5.41, 5.74) is 0. The number of piperidine rings is 1. The fourth-order valence-corrected chi connectivity index (χ4v) is 2.37. The molecule has 0 bridgehead atoms. The standard InChI is InChI=1S/C12H23N3O2/c16-12(7-11-9-14-5-6-17-11)15-8-10-1-3-13-4-2-10/h10-11,13-14H,1-9H2,(H,15,16)/t11-/m1/s1. The number of rotatable bonds is 4. The van der Waals surface area contributed by atoms with Crippen molar-refractivity contribution in [2.75, 3.05) is 39.3 Å². The number of carbonyl (C=O) groups is 1. The molecule has 0 aliphatic carbocycles. The van der Waals surface area contributed by atoms with Crippen LogP contribution in [-0.4, -0.2) is 51.3 Å². The van der Waals surface area contributed by atoms with E-state index in [2.05, 4.69) is 16.0 Å². The fraction of sp³-hybridized carbons (Fsp3) is 0.917. The summed E-state index contributed by atoms with van der Waals surface area (Å²) in [6.45, 7) is 5.38. The third kappa shape index (κ3) is 4.61. The first-order valence-electron chi connectivity index (χ1n) is 6.64. The molecule has 0 saturated carbocycles. The van der Waals surface area contributed by atoms with Crippen molar-refractivity contribution >= 4 is 5.91 Å². The van der Waals surface area contributed by atoms with Crippen molar-refractivity contribution in [3.8, 4) is 0 Å². The highest BCUT2D eigenvalue weighted by atomic mass is 16.5. The Morgan fingerprint density at radius 2 is 2.06 bits per heavy atom. The van der Waals surface area contributed by atoms with Crippen LogP contribution in [0.3, 0.4) is 0 Å². The Bertz CT molecular complexity index is 236. The quantitative estimate of drug-likeness (QED) is 0.620. The van der Waals surface area contributed by atoms with Gasteiger partial charge in [0.1, 0.15) is 0 Å². The molecule has 2 rings (SSSR count). The van der Waals surface area contributed by atoms with Crippen LogP contribution in [0.5, 0.6) is 0 Å². The third-order valence-electron chi connectivity index (χ3n) is 3.46. The van der Waals surface area contributed by atoms with E-state index in [4.69, 9.17) is 4.74 Å². The van der Waals surface area contributed by atoms with Gasteiger partial charge in [-0.15, -0.1) is 0 Å². The second kappa shape index (κ2) is 6.93. The first kappa shape index (κ1) is 12.8. The first-order chi connectivity index (χ1) is 8.34. The predicted octanol–water partition coefficient (Wildman–Crippen LogP) is -0.519. The maximum Gasteiger partial charge on any atom is 0.222 e. The maximum atomic E-state index is 11.7. The molecule has 0 unspecified atom stereocenters. The zero-order valence-electron chi connectivity index (χ0n) is 10.3. The van der Waals surface area contributed by atoms with Gasteiger partial charge < -0.3 is 20.7 Å². The SMILES string of the molecule is O=C(C[C@@H]1CNCCO1)NCC1CCNCC1. The van der Waals surface area contributed by atoms with E-state index in [1.54, 1.807) is 0 Å². The number of nitrogens with one attached hydrogen (secondary N) is 3. The van der Waals surface area contributed by atoms with Crippen LogP contribution in [0.2, 0.25) is 0 Å². The summed E-state index contributed by atoms with van der Waals surface area (Å²) >= 11 is 0. The van der Waals surface area contributed by atoms with E-state index in [1.165, 1.54) is 12.8 Å². The van der Waals surface area contributed by atoms with Gasteiger partial charge in [-0.05, 0) is 31.8 Å². The zero-order valence-corrected chi connectivity index (χ0v) is 10.3. The van der Waals surface area contributed by atoms with Gasteiger partial charge in [-0.3, -0.25) is 4.79 Å². The highest BCUT2D eigenvalue weighted by molar-refractivity contribution is 5.76. The summed E-state index contributed by atoms with van der Waals surface area (Å²) in [6, 6.07) is 0. The molecule has 2 fully saturated rings. The molecule has 2 heterocycles. The Labute approximate surface area is 103 Å². The minimum Gasteiger partial charge on any atom is -0.375 e. The Balaban J connectivity index is 1.59. The molecule has 0 aromatic rings. The van der Waals surface area contributed by atoms with E-state index >= 15 is 0 Å². The van der Waals surface area contributed by atoms with Crippen molar-refractivity contribution < 1.29 is 9.53 Å². The normalized spacial score (nSPS) is 26.7. The van der Waals surface area contributed by atoms with Crippen LogP contribution in [0.4, 0.5) is 0 Å². The molecule has 5 heteroatoms. The molecule has 2 saturated heterocycles. The van der Waals surface area contributed by atoms with Gasteiger partial charge in [-0.2, -0.15) is 0 Å². The Morgan fingerprint density at radius 3 is 2.76 bits per heavy atom. The molecule has 2 aliphatic heterocycles. The Hall–Kier alpha value is -0.650. The van der Waals surface area contributed by atoms with Crippen LogP contribution in [0.1, 0.15) is 19.3 Å². The van der Waals surface area contributed by atoms with Crippen molar-refractivity contribution in [3.05, 3.63) is 0 Å². The van der Waals surface area contributed by atoms with Gasteiger partial charge in [0.15, 0.2) is 0 Å². The summed E-state index contributed by atoms with van der Waals surface area (Å²) in [5, 5.41) is 9.58. The number of carbonyl (C=O) groups excluding carboxylic acids is 1. The molecule has 17 heavy (non-hydrogen) atoms. The molecule has 0 spiro atoms. The number of amides is 1. The third-order valence-corrected chi connectivity index (χ3v) is 3.46. The lowest BCUT2D eigenvalue weighted by Crippen LogP contribution is -2.42. The van der Waals surface area contributed by atoms with E-state index in [1.807, 2.05) is 0 Å². The lowest BCUT2D eigenvalue weighted by molar-refractivity contribution is -0.124. The van der Waals surface area contributed by atoms with E-state index < -0.39 is 0 Å². The van der Waals surface area contributed by atoms with Gasteiger partial charge in [-0.25, -0.2) is 0 Å². The highest BCUT2D eigenvalue weighted by Gasteiger charge is 2.18.